The van der Waals surface area contributed by atoms with Crippen LogP contribution >= 0.6 is 11.3 Å². The molecule has 0 saturated carbocycles. The minimum absolute atomic E-state index is 0.0709. The Morgan fingerprint density at radius 2 is 2.26 bits per heavy atom. The number of aryl methyl sites for hydroxylation is 2. The maximum absolute atomic E-state index is 12.1. The lowest BCUT2D eigenvalue weighted by Gasteiger charge is -2.26. The van der Waals surface area contributed by atoms with Crippen LogP contribution in [0.15, 0.2) is 6.07 Å². The smallest absolute Gasteiger partial charge is 0.261 e. The summed E-state index contributed by atoms with van der Waals surface area (Å²) in [5.41, 5.74) is 0.425. The van der Waals surface area contributed by atoms with E-state index in [1.165, 1.54) is 16.9 Å². The van der Waals surface area contributed by atoms with E-state index >= 15 is 0 Å². The van der Waals surface area contributed by atoms with Crippen LogP contribution in [0.3, 0.4) is 0 Å². The van der Waals surface area contributed by atoms with E-state index < -0.39 is 5.60 Å². The molecule has 0 aromatic carbocycles. The summed E-state index contributed by atoms with van der Waals surface area (Å²) in [6.07, 6.45) is 3.41. The van der Waals surface area contributed by atoms with Gasteiger partial charge in [0.25, 0.3) is 5.91 Å². The fraction of sp³-hybridized carbons (Fsp3) is 0.643. The zero-order valence-electron chi connectivity index (χ0n) is 11.8. The molecule has 2 rings (SSSR count). The molecule has 2 N–H and O–H groups in total. The van der Waals surface area contributed by atoms with Crippen LogP contribution in [0.5, 0.6) is 0 Å². The third-order valence-electron chi connectivity index (χ3n) is 3.26. The van der Waals surface area contributed by atoms with Crippen LogP contribution in [-0.4, -0.2) is 48.7 Å². The van der Waals surface area contributed by atoms with Crippen LogP contribution < -0.4 is 5.32 Å². The highest BCUT2D eigenvalue weighted by molar-refractivity contribution is 7.14. The van der Waals surface area contributed by atoms with Gasteiger partial charge in [0.1, 0.15) is 0 Å². The predicted molar refractivity (Wildman–Crippen MR) is 77.9 cm³/mol. The Morgan fingerprint density at radius 3 is 2.89 bits per heavy atom. The van der Waals surface area contributed by atoms with E-state index in [0.717, 1.165) is 17.7 Å². The van der Waals surface area contributed by atoms with Gasteiger partial charge in [-0.2, -0.15) is 0 Å². The summed E-state index contributed by atoms with van der Waals surface area (Å²) in [5.74, 6) is -0.0709. The van der Waals surface area contributed by atoms with Crippen molar-refractivity contribution >= 4 is 17.2 Å². The molecule has 0 fully saturated rings. The van der Waals surface area contributed by atoms with E-state index in [4.69, 9.17) is 0 Å². The molecule has 0 aliphatic heterocycles. The molecule has 0 bridgehead atoms. The molecule has 1 aromatic rings. The van der Waals surface area contributed by atoms with Gasteiger partial charge in [0.2, 0.25) is 0 Å². The molecule has 0 saturated heterocycles. The summed E-state index contributed by atoms with van der Waals surface area (Å²) in [4.78, 5) is 16.1. The molecule has 1 unspecified atom stereocenters. The second-order valence-electron chi connectivity index (χ2n) is 5.83. The van der Waals surface area contributed by atoms with Crippen molar-refractivity contribution in [3.8, 4) is 0 Å². The van der Waals surface area contributed by atoms with Crippen LogP contribution in [0, 0.1) is 0 Å². The quantitative estimate of drug-likeness (QED) is 0.855. The van der Waals surface area contributed by atoms with Crippen molar-refractivity contribution in [1.82, 2.24) is 10.2 Å². The molecule has 19 heavy (non-hydrogen) atoms. The Balaban J connectivity index is 1.90. The minimum atomic E-state index is -0.904. The Morgan fingerprint density at radius 1 is 1.53 bits per heavy atom. The summed E-state index contributed by atoms with van der Waals surface area (Å²) in [6.45, 7) is 2.53. The Hall–Kier alpha value is -0.910. The molecule has 1 amide bonds. The third-order valence-corrected chi connectivity index (χ3v) is 4.49. The molecule has 1 heterocycles. The van der Waals surface area contributed by atoms with Gasteiger partial charge >= 0.3 is 0 Å². The first-order valence-corrected chi connectivity index (χ1v) is 7.46. The summed E-state index contributed by atoms with van der Waals surface area (Å²) in [6, 6.07) is 2.00. The maximum Gasteiger partial charge on any atom is 0.261 e. The monoisotopic (exact) mass is 282 g/mol. The van der Waals surface area contributed by atoms with Crippen LogP contribution in [0.4, 0.5) is 0 Å². The number of nitrogens with zero attached hydrogens (tertiary/aromatic N) is 1. The number of thiophene rings is 1. The molecule has 0 radical (unpaired) electrons. The van der Waals surface area contributed by atoms with E-state index in [2.05, 4.69) is 5.32 Å². The number of hydrogen-bond acceptors (Lipinski definition) is 4. The lowest BCUT2D eigenvalue weighted by Crippen LogP contribution is -2.47. The van der Waals surface area contributed by atoms with Gasteiger partial charge in [-0.05, 0) is 51.9 Å². The molecule has 1 aromatic heterocycles. The number of likely N-dealkylation sites (N-methyl/N-ethyl adjacent to an activating group) is 1. The predicted octanol–water partition coefficient (Wildman–Crippen LogP) is 1.28. The molecular weight excluding hydrogens is 260 g/mol. The van der Waals surface area contributed by atoms with Crippen molar-refractivity contribution in [3.63, 3.8) is 0 Å². The van der Waals surface area contributed by atoms with Crippen LogP contribution in [0.25, 0.3) is 0 Å². The van der Waals surface area contributed by atoms with Gasteiger partial charge in [-0.15, -0.1) is 11.3 Å². The van der Waals surface area contributed by atoms with Gasteiger partial charge in [0.05, 0.1) is 10.5 Å². The average Bonchev–Trinajstić information content (AvgIpc) is 2.83. The Kier molecular flexibility index (Phi) is 4.28. The summed E-state index contributed by atoms with van der Waals surface area (Å²) < 4.78 is 0. The lowest BCUT2D eigenvalue weighted by atomic mass is 10.1. The number of hydrogen-bond donors (Lipinski definition) is 2. The van der Waals surface area contributed by atoms with E-state index in [1.54, 1.807) is 18.3 Å². The molecule has 4 nitrogen and oxygen atoms in total. The van der Waals surface area contributed by atoms with Crippen LogP contribution in [0.1, 0.15) is 33.5 Å². The Bertz CT molecular complexity index is 445. The molecule has 106 valence electrons. The van der Waals surface area contributed by atoms with Gasteiger partial charge < -0.3 is 15.3 Å². The second-order valence-corrected chi connectivity index (χ2v) is 6.97. The fourth-order valence-electron chi connectivity index (χ4n) is 2.54. The number of fused-ring (bicyclic) bond motifs is 1. The molecule has 0 spiro atoms. The zero-order valence-corrected chi connectivity index (χ0v) is 12.6. The van der Waals surface area contributed by atoms with Crippen molar-refractivity contribution in [2.75, 3.05) is 27.2 Å². The lowest BCUT2D eigenvalue weighted by molar-refractivity contribution is 0.0326. The maximum atomic E-state index is 12.1. The average molecular weight is 282 g/mol. The second kappa shape index (κ2) is 5.61. The molecular formula is C14H22N2O2S. The number of nitrogens with one attached hydrogen (secondary N) is 1. The number of carbonyl (C=O) groups excluding carboxylic acids is 1. The first-order valence-electron chi connectivity index (χ1n) is 6.64. The highest BCUT2D eigenvalue weighted by Crippen LogP contribution is 2.30. The topological polar surface area (TPSA) is 52.6 Å². The summed E-state index contributed by atoms with van der Waals surface area (Å²) in [5, 5.41) is 13.0. The Labute approximate surface area is 118 Å². The van der Waals surface area contributed by atoms with Gasteiger partial charge in [-0.1, -0.05) is 0 Å². The number of amides is 1. The summed E-state index contributed by atoms with van der Waals surface area (Å²) >= 11 is 1.59. The van der Waals surface area contributed by atoms with Crippen molar-refractivity contribution < 1.29 is 9.90 Å². The van der Waals surface area contributed by atoms with E-state index in [-0.39, 0.29) is 12.5 Å². The van der Waals surface area contributed by atoms with Gasteiger partial charge in [0.15, 0.2) is 0 Å². The number of carbonyl (C=O) groups is 1. The summed E-state index contributed by atoms with van der Waals surface area (Å²) in [7, 11) is 3.81. The van der Waals surface area contributed by atoms with Crippen molar-refractivity contribution in [2.45, 2.75) is 31.8 Å². The highest BCUT2D eigenvalue weighted by Gasteiger charge is 2.24. The largest absolute Gasteiger partial charge is 0.387 e. The van der Waals surface area contributed by atoms with Crippen LogP contribution in [-0.2, 0) is 12.8 Å². The SMILES string of the molecule is CN(C)CC(C)(O)CNC(=O)c1cc2c(s1)CCC2. The van der Waals surface area contributed by atoms with E-state index in [1.807, 2.05) is 25.1 Å². The van der Waals surface area contributed by atoms with Gasteiger partial charge in [0, 0.05) is 18.0 Å². The highest BCUT2D eigenvalue weighted by atomic mass is 32.1. The fourth-order valence-corrected chi connectivity index (χ4v) is 3.71. The van der Waals surface area contributed by atoms with Crippen LogP contribution in [0.2, 0.25) is 0 Å². The standard InChI is InChI=1S/C14H22N2O2S/c1-14(18,9-16(2)3)8-15-13(17)12-7-10-5-4-6-11(10)19-12/h7,18H,4-6,8-9H2,1-3H3,(H,15,17). The number of aliphatic hydroxyl groups is 1. The van der Waals surface area contributed by atoms with Crippen molar-refractivity contribution in [3.05, 3.63) is 21.4 Å². The zero-order chi connectivity index (χ0) is 14.0. The van der Waals surface area contributed by atoms with E-state index in [9.17, 15) is 9.90 Å². The first-order chi connectivity index (χ1) is 8.87. The van der Waals surface area contributed by atoms with E-state index in [0.29, 0.717) is 6.54 Å². The molecule has 1 aliphatic rings. The first kappa shape index (κ1) is 14.5. The third kappa shape index (κ3) is 3.78. The number of rotatable bonds is 5. The van der Waals surface area contributed by atoms with Crippen molar-refractivity contribution in [1.29, 1.82) is 0 Å². The van der Waals surface area contributed by atoms with Crippen molar-refractivity contribution in [2.24, 2.45) is 0 Å². The normalized spacial score (nSPS) is 17.3. The van der Waals surface area contributed by atoms with Gasteiger partial charge in [-0.25, -0.2) is 0 Å². The molecule has 5 heteroatoms. The van der Waals surface area contributed by atoms with Gasteiger partial charge in [-0.3, -0.25) is 4.79 Å². The molecule has 1 atom stereocenters. The minimum Gasteiger partial charge on any atom is -0.387 e. The molecule has 1 aliphatic carbocycles.